The van der Waals surface area contributed by atoms with E-state index in [-0.39, 0.29) is 12.0 Å². The van der Waals surface area contributed by atoms with Crippen LogP contribution < -0.4 is 10.6 Å². The van der Waals surface area contributed by atoms with Gasteiger partial charge in [0.25, 0.3) is 0 Å². The SMILES string of the molecule is COC(=O)CSCc1cccc(NC(=O)NCc2cccc(C)c2)c1. The van der Waals surface area contributed by atoms with Gasteiger partial charge in [-0.3, -0.25) is 4.79 Å². The molecule has 2 aromatic rings. The maximum atomic E-state index is 12.0. The van der Waals surface area contributed by atoms with Gasteiger partial charge in [0.15, 0.2) is 0 Å². The predicted molar refractivity (Wildman–Crippen MR) is 102 cm³/mol. The van der Waals surface area contributed by atoms with Crippen LogP contribution in [0.2, 0.25) is 0 Å². The quantitative estimate of drug-likeness (QED) is 0.740. The number of hydrogen-bond donors (Lipinski definition) is 2. The van der Waals surface area contributed by atoms with Crippen molar-refractivity contribution in [3.05, 3.63) is 65.2 Å². The third kappa shape index (κ3) is 6.89. The highest BCUT2D eigenvalue weighted by molar-refractivity contribution is 7.99. The number of ether oxygens (including phenoxy) is 1. The van der Waals surface area contributed by atoms with Gasteiger partial charge < -0.3 is 15.4 Å². The molecule has 0 bridgehead atoms. The molecular formula is C19H22N2O3S. The summed E-state index contributed by atoms with van der Waals surface area (Å²) >= 11 is 1.47. The Balaban J connectivity index is 1.82. The number of amides is 2. The molecule has 2 N–H and O–H groups in total. The van der Waals surface area contributed by atoms with E-state index in [0.717, 1.165) is 22.4 Å². The van der Waals surface area contributed by atoms with Crippen molar-refractivity contribution < 1.29 is 14.3 Å². The molecule has 0 aliphatic rings. The Labute approximate surface area is 152 Å². The summed E-state index contributed by atoms with van der Waals surface area (Å²) in [5.74, 6) is 0.746. The average molecular weight is 358 g/mol. The van der Waals surface area contributed by atoms with E-state index < -0.39 is 0 Å². The number of nitrogens with one attached hydrogen (secondary N) is 2. The summed E-state index contributed by atoms with van der Waals surface area (Å²) in [6.07, 6.45) is 0. The average Bonchev–Trinajstić information content (AvgIpc) is 2.60. The molecule has 25 heavy (non-hydrogen) atoms. The van der Waals surface area contributed by atoms with Crippen LogP contribution in [0.5, 0.6) is 0 Å². The zero-order valence-electron chi connectivity index (χ0n) is 14.4. The molecule has 0 saturated heterocycles. The van der Waals surface area contributed by atoms with Crippen molar-refractivity contribution in [2.24, 2.45) is 0 Å². The van der Waals surface area contributed by atoms with Crippen LogP contribution in [-0.2, 0) is 21.8 Å². The number of methoxy groups -OCH3 is 1. The Morgan fingerprint density at radius 1 is 1.08 bits per heavy atom. The fourth-order valence-electron chi connectivity index (χ4n) is 2.23. The maximum absolute atomic E-state index is 12.0. The van der Waals surface area contributed by atoms with E-state index in [0.29, 0.717) is 18.1 Å². The van der Waals surface area contributed by atoms with Gasteiger partial charge in [0.05, 0.1) is 12.9 Å². The van der Waals surface area contributed by atoms with E-state index in [4.69, 9.17) is 0 Å². The highest BCUT2D eigenvalue weighted by Gasteiger charge is 2.04. The molecule has 0 aliphatic heterocycles. The lowest BCUT2D eigenvalue weighted by Crippen LogP contribution is -2.28. The zero-order valence-corrected chi connectivity index (χ0v) is 15.2. The molecule has 0 fully saturated rings. The fraction of sp³-hybridized carbons (Fsp3) is 0.263. The van der Waals surface area contributed by atoms with Gasteiger partial charge in [-0.2, -0.15) is 0 Å². The molecule has 0 saturated carbocycles. The van der Waals surface area contributed by atoms with Crippen LogP contribution in [0.1, 0.15) is 16.7 Å². The smallest absolute Gasteiger partial charge is 0.319 e. The fourth-order valence-corrected chi connectivity index (χ4v) is 3.03. The Morgan fingerprint density at radius 3 is 2.60 bits per heavy atom. The van der Waals surface area contributed by atoms with Crippen molar-refractivity contribution in [3.63, 3.8) is 0 Å². The summed E-state index contributed by atoms with van der Waals surface area (Å²) in [6.45, 7) is 2.50. The van der Waals surface area contributed by atoms with Crippen molar-refractivity contribution in [2.75, 3.05) is 18.2 Å². The first-order valence-electron chi connectivity index (χ1n) is 7.90. The van der Waals surface area contributed by atoms with Crippen LogP contribution >= 0.6 is 11.8 Å². The topological polar surface area (TPSA) is 67.4 Å². The van der Waals surface area contributed by atoms with Gasteiger partial charge in [-0.15, -0.1) is 11.8 Å². The molecule has 0 heterocycles. The third-order valence-electron chi connectivity index (χ3n) is 3.44. The summed E-state index contributed by atoms with van der Waals surface area (Å²) < 4.78 is 4.61. The molecule has 2 rings (SSSR count). The van der Waals surface area contributed by atoms with Crippen molar-refractivity contribution in [2.45, 2.75) is 19.2 Å². The van der Waals surface area contributed by atoms with Gasteiger partial charge in [-0.25, -0.2) is 4.79 Å². The highest BCUT2D eigenvalue weighted by atomic mass is 32.2. The second-order valence-corrected chi connectivity index (χ2v) is 6.55. The molecule has 0 aliphatic carbocycles. The van der Waals surface area contributed by atoms with Crippen LogP contribution in [0.3, 0.4) is 0 Å². The predicted octanol–water partition coefficient (Wildman–Crippen LogP) is 3.72. The van der Waals surface area contributed by atoms with Gasteiger partial charge in [-0.05, 0) is 30.2 Å². The van der Waals surface area contributed by atoms with E-state index in [1.165, 1.54) is 18.9 Å². The Bertz CT molecular complexity index is 734. The summed E-state index contributed by atoms with van der Waals surface area (Å²) in [5, 5.41) is 5.67. The Hall–Kier alpha value is -2.47. The monoisotopic (exact) mass is 358 g/mol. The van der Waals surface area contributed by atoms with Gasteiger partial charge in [0, 0.05) is 18.0 Å². The molecule has 0 radical (unpaired) electrons. The molecule has 0 unspecified atom stereocenters. The molecule has 6 heteroatoms. The molecule has 0 aromatic heterocycles. The number of benzene rings is 2. The number of anilines is 1. The highest BCUT2D eigenvalue weighted by Crippen LogP contribution is 2.16. The number of urea groups is 1. The van der Waals surface area contributed by atoms with Crippen LogP contribution in [0, 0.1) is 6.92 Å². The number of carbonyl (C=O) groups excluding carboxylic acids is 2. The first-order chi connectivity index (χ1) is 12.1. The van der Waals surface area contributed by atoms with E-state index >= 15 is 0 Å². The molecule has 132 valence electrons. The summed E-state index contributed by atoms with van der Waals surface area (Å²) in [4.78, 5) is 23.2. The van der Waals surface area contributed by atoms with Crippen molar-refractivity contribution in [1.82, 2.24) is 5.32 Å². The normalized spacial score (nSPS) is 10.2. The molecule has 5 nitrogen and oxygen atoms in total. The minimum atomic E-state index is -0.249. The van der Waals surface area contributed by atoms with Crippen LogP contribution in [0.15, 0.2) is 48.5 Å². The lowest BCUT2D eigenvalue weighted by atomic mass is 10.1. The Kier molecular flexibility index (Phi) is 7.35. The van der Waals surface area contributed by atoms with Crippen LogP contribution in [0.25, 0.3) is 0 Å². The maximum Gasteiger partial charge on any atom is 0.319 e. The second kappa shape index (κ2) is 9.74. The van der Waals surface area contributed by atoms with Crippen molar-refractivity contribution in [3.8, 4) is 0 Å². The molecule has 0 spiro atoms. The van der Waals surface area contributed by atoms with Crippen molar-refractivity contribution >= 4 is 29.4 Å². The molecule has 0 atom stereocenters. The second-order valence-electron chi connectivity index (χ2n) is 5.57. The van der Waals surface area contributed by atoms with Gasteiger partial charge in [0.1, 0.15) is 0 Å². The van der Waals surface area contributed by atoms with E-state index in [1.54, 1.807) is 0 Å². The first-order valence-corrected chi connectivity index (χ1v) is 9.06. The number of esters is 1. The molecular weight excluding hydrogens is 336 g/mol. The number of carbonyl (C=O) groups is 2. The van der Waals surface area contributed by atoms with Gasteiger partial charge in [0.2, 0.25) is 0 Å². The number of hydrogen-bond acceptors (Lipinski definition) is 4. The standard InChI is InChI=1S/C19H22N2O3S/c1-14-5-3-6-15(9-14)11-20-19(23)21-17-8-4-7-16(10-17)12-25-13-18(22)24-2/h3-10H,11-13H2,1-2H3,(H2,20,21,23). The van der Waals surface area contributed by atoms with E-state index in [9.17, 15) is 9.59 Å². The minimum absolute atomic E-state index is 0.241. The number of aryl methyl sites for hydroxylation is 1. The zero-order chi connectivity index (χ0) is 18.1. The summed E-state index contributed by atoms with van der Waals surface area (Å²) in [5.41, 5.74) is 3.98. The number of thioether (sulfide) groups is 1. The van der Waals surface area contributed by atoms with E-state index in [1.807, 2.05) is 55.5 Å². The minimum Gasteiger partial charge on any atom is -0.468 e. The van der Waals surface area contributed by atoms with Gasteiger partial charge in [-0.1, -0.05) is 42.0 Å². The largest absolute Gasteiger partial charge is 0.468 e. The van der Waals surface area contributed by atoms with E-state index in [2.05, 4.69) is 15.4 Å². The van der Waals surface area contributed by atoms with Gasteiger partial charge >= 0.3 is 12.0 Å². The first kappa shape index (κ1) is 18.9. The van der Waals surface area contributed by atoms with Crippen LogP contribution in [0.4, 0.5) is 10.5 Å². The van der Waals surface area contributed by atoms with Crippen LogP contribution in [-0.4, -0.2) is 24.9 Å². The lowest BCUT2D eigenvalue weighted by Gasteiger charge is -2.09. The molecule has 2 amide bonds. The third-order valence-corrected chi connectivity index (χ3v) is 4.41. The summed E-state index contributed by atoms with van der Waals surface area (Å²) in [6, 6.07) is 15.3. The number of rotatable bonds is 7. The Morgan fingerprint density at radius 2 is 1.84 bits per heavy atom. The van der Waals surface area contributed by atoms with Crippen molar-refractivity contribution in [1.29, 1.82) is 0 Å². The molecule has 2 aromatic carbocycles. The lowest BCUT2D eigenvalue weighted by molar-refractivity contribution is -0.137. The summed E-state index contributed by atoms with van der Waals surface area (Å²) in [7, 11) is 1.38.